The van der Waals surface area contributed by atoms with Crippen LogP contribution in [0.4, 0.5) is 21.6 Å². The van der Waals surface area contributed by atoms with E-state index < -0.39 is 4.92 Å². The van der Waals surface area contributed by atoms with Crippen LogP contribution in [-0.2, 0) is 0 Å². The summed E-state index contributed by atoms with van der Waals surface area (Å²) < 4.78 is 14.6. The molecule has 1 aromatic carbocycles. The molecule has 0 atom stereocenters. The lowest BCUT2D eigenvalue weighted by Gasteiger charge is -2.10. The molecule has 3 rings (SSSR count). The highest BCUT2D eigenvalue weighted by atomic mass is 19.1. The van der Waals surface area contributed by atoms with Gasteiger partial charge in [0.15, 0.2) is 0 Å². The molecule has 0 aliphatic heterocycles. The van der Waals surface area contributed by atoms with Crippen LogP contribution in [0, 0.1) is 29.8 Å². The average molecular weight is 328 g/mol. The SMILES string of the molecule is Cc1cc(Nc2cc(F)ccc2C)nc(-n2cc([N+](=O)[O-])cn2)n1. The zero-order valence-corrected chi connectivity index (χ0v) is 12.9. The number of benzene rings is 1. The first kappa shape index (κ1) is 15.5. The molecule has 0 saturated carbocycles. The fraction of sp³-hybridized carbons (Fsp3) is 0.133. The van der Waals surface area contributed by atoms with Crippen molar-refractivity contribution >= 4 is 17.2 Å². The molecule has 0 saturated heterocycles. The summed E-state index contributed by atoms with van der Waals surface area (Å²) in [4.78, 5) is 18.7. The smallest absolute Gasteiger partial charge is 0.307 e. The van der Waals surface area contributed by atoms with E-state index in [4.69, 9.17) is 0 Å². The van der Waals surface area contributed by atoms with Crippen LogP contribution >= 0.6 is 0 Å². The number of nitrogens with one attached hydrogen (secondary N) is 1. The molecule has 24 heavy (non-hydrogen) atoms. The van der Waals surface area contributed by atoms with Gasteiger partial charge in [0.2, 0.25) is 0 Å². The van der Waals surface area contributed by atoms with Gasteiger partial charge in [0.1, 0.15) is 24.0 Å². The topological polar surface area (TPSA) is 98.8 Å². The van der Waals surface area contributed by atoms with E-state index in [2.05, 4.69) is 20.4 Å². The molecule has 0 bridgehead atoms. The van der Waals surface area contributed by atoms with Crippen molar-refractivity contribution in [1.29, 1.82) is 0 Å². The lowest BCUT2D eigenvalue weighted by atomic mass is 10.2. The Balaban J connectivity index is 1.96. The molecule has 0 radical (unpaired) electrons. The summed E-state index contributed by atoms with van der Waals surface area (Å²) in [5.74, 6) is 0.251. The Morgan fingerprint density at radius 3 is 2.75 bits per heavy atom. The summed E-state index contributed by atoms with van der Waals surface area (Å²) in [6.45, 7) is 3.60. The van der Waals surface area contributed by atoms with Crippen LogP contribution in [0.1, 0.15) is 11.3 Å². The van der Waals surface area contributed by atoms with E-state index in [1.807, 2.05) is 6.92 Å². The van der Waals surface area contributed by atoms with Crippen LogP contribution in [-0.4, -0.2) is 24.7 Å². The molecule has 2 heterocycles. The van der Waals surface area contributed by atoms with Crippen molar-refractivity contribution in [3.05, 3.63) is 63.8 Å². The second kappa shape index (κ2) is 6.03. The zero-order valence-electron chi connectivity index (χ0n) is 12.9. The third-order valence-electron chi connectivity index (χ3n) is 3.29. The quantitative estimate of drug-likeness (QED) is 0.584. The van der Waals surface area contributed by atoms with Gasteiger partial charge in [-0.15, -0.1) is 0 Å². The molecule has 8 nitrogen and oxygen atoms in total. The molecule has 0 aliphatic carbocycles. The van der Waals surface area contributed by atoms with Gasteiger partial charge in [0.05, 0.1) is 4.92 Å². The van der Waals surface area contributed by atoms with E-state index in [9.17, 15) is 14.5 Å². The molecule has 1 N–H and O–H groups in total. The highest BCUT2D eigenvalue weighted by Gasteiger charge is 2.13. The highest BCUT2D eigenvalue weighted by molar-refractivity contribution is 5.60. The average Bonchev–Trinajstić information content (AvgIpc) is 3.01. The molecular formula is C15H13FN6O2. The van der Waals surface area contributed by atoms with Gasteiger partial charge in [-0.1, -0.05) is 6.07 Å². The van der Waals surface area contributed by atoms with Gasteiger partial charge in [-0.25, -0.2) is 9.37 Å². The van der Waals surface area contributed by atoms with Crippen molar-refractivity contribution in [3.8, 4) is 5.95 Å². The molecule has 0 unspecified atom stereocenters. The summed E-state index contributed by atoms with van der Waals surface area (Å²) >= 11 is 0. The van der Waals surface area contributed by atoms with E-state index in [1.54, 1.807) is 19.1 Å². The summed E-state index contributed by atoms with van der Waals surface area (Å²) in [7, 11) is 0. The van der Waals surface area contributed by atoms with Crippen molar-refractivity contribution in [2.45, 2.75) is 13.8 Å². The van der Waals surface area contributed by atoms with Gasteiger partial charge < -0.3 is 5.32 Å². The predicted octanol–water partition coefficient (Wildman–Crippen LogP) is 3.07. The van der Waals surface area contributed by atoms with E-state index in [0.29, 0.717) is 17.2 Å². The number of nitro groups is 1. The monoisotopic (exact) mass is 328 g/mol. The molecule has 0 aliphatic rings. The first-order valence-corrected chi connectivity index (χ1v) is 7.00. The zero-order chi connectivity index (χ0) is 17.3. The minimum absolute atomic E-state index is 0.157. The fourth-order valence-corrected chi connectivity index (χ4v) is 2.10. The molecular weight excluding hydrogens is 315 g/mol. The predicted molar refractivity (Wildman–Crippen MR) is 85.0 cm³/mol. The van der Waals surface area contributed by atoms with Gasteiger partial charge in [-0.05, 0) is 31.5 Å². The van der Waals surface area contributed by atoms with Gasteiger partial charge in [-0.3, -0.25) is 10.1 Å². The second-order valence-electron chi connectivity index (χ2n) is 5.18. The maximum atomic E-state index is 13.4. The van der Waals surface area contributed by atoms with Crippen molar-refractivity contribution in [3.63, 3.8) is 0 Å². The Morgan fingerprint density at radius 2 is 2.04 bits per heavy atom. The molecule has 2 aromatic heterocycles. The van der Waals surface area contributed by atoms with Crippen molar-refractivity contribution in [2.75, 3.05) is 5.32 Å². The summed E-state index contributed by atoms with van der Waals surface area (Å²) in [5, 5.41) is 17.7. The molecule has 0 fully saturated rings. The molecule has 9 heteroatoms. The van der Waals surface area contributed by atoms with Gasteiger partial charge >= 0.3 is 5.69 Å². The fourth-order valence-electron chi connectivity index (χ4n) is 2.10. The Kier molecular flexibility index (Phi) is 3.90. The van der Waals surface area contributed by atoms with Crippen LogP contribution in [0.2, 0.25) is 0 Å². The molecule has 0 spiro atoms. The summed E-state index contributed by atoms with van der Waals surface area (Å²) in [6, 6.07) is 6.08. The van der Waals surface area contributed by atoms with Crippen molar-refractivity contribution in [1.82, 2.24) is 19.7 Å². The Hall–Kier alpha value is -3.36. The van der Waals surface area contributed by atoms with Crippen LogP contribution < -0.4 is 5.32 Å². The lowest BCUT2D eigenvalue weighted by molar-refractivity contribution is -0.384. The van der Waals surface area contributed by atoms with E-state index in [-0.39, 0.29) is 17.5 Å². The van der Waals surface area contributed by atoms with E-state index in [0.717, 1.165) is 11.8 Å². The standard InChI is InChI=1S/C15H13FN6O2/c1-9-3-4-11(16)6-13(9)19-14-5-10(2)18-15(20-14)21-8-12(7-17-21)22(23)24/h3-8H,1-2H3,(H,18,19,20). The van der Waals surface area contributed by atoms with Crippen LogP contribution in [0.3, 0.4) is 0 Å². The molecule has 122 valence electrons. The Labute approximate surface area is 136 Å². The largest absolute Gasteiger partial charge is 0.340 e. The number of hydrogen-bond donors (Lipinski definition) is 1. The number of halogens is 1. The first-order chi connectivity index (χ1) is 11.4. The normalized spacial score (nSPS) is 10.6. The number of hydrogen-bond acceptors (Lipinski definition) is 6. The third-order valence-corrected chi connectivity index (χ3v) is 3.29. The maximum Gasteiger partial charge on any atom is 0.307 e. The van der Waals surface area contributed by atoms with Crippen LogP contribution in [0.25, 0.3) is 5.95 Å². The first-order valence-electron chi connectivity index (χ1n) is 7.00. The van der Waals surface area contributed by atoms with Crippen molar-refractivity contribution in [2.24, 2.45) is 0 Å². The lowest BCUT2D eigenvalue weighted by Crippen LogP contribution is -2.06. The molecule has 3 aromatic rings. The second-order valence-corrected chi connectivity index (χ2v) is 5.18. The van der Waals surface area contributed by atoms with Crippen LogP contribution in [0.5, 0.6) is 0 Å². The molecule has 0 amide bonds. The number of aromatic nitrogens is 4. The Bertz CT molecular complexity index is 924. The number of rotatable bonds is 4. The Morgan fingerprint density at radius 1 is 1.25 bits per heavy atom. The van der Waals surface area contributed by atoms with E-state index >= 15 is 0 Å². The van der Waals surface area contributed by atoms with Crippen molar-refractivity contribution < 1.29 is 9.31 Å². The minimum atomic E-state index is -0.547. The number of aryl methyl sites for hydroxylation is 2. The van der Waals surface area contributed by atoms with Crippen LogP contribution in [0.15, 0.2) is 36.7 Å². The minimum Gasteiger partial charge on any atom is -0.340 e. The third kappa shape index (κ3) is 3.19. The van der Waals surface area contributed by atoms with Gasteiger partial charge in [0.25, 0.3) is 5.95 Å². The van der Waals surface area contributed by atoms with Gasteiger partial charge in [-0.2, -0.15) is 14.8 Å². The summed E-state index contributed by atoms with van der Waals surface area (Å²) in [5.41, 5.74) is 1.90. The maximum absolute atomic E-state index is 13.4. The number of nitrogens with zero attached hydrogens (tertiary/aromatic N) is 5. The number of anilines is 2. The van der Waals surface area contributed by atoms with Gasteiger partial charge in [0, 0.05) is 17.4 Å². The highest BCUT2D eigenvalue weighted by Crippen LogP contribution is 2.21. The summed E-state index contributed by atoms with van der Waals surface area (Å²) in [6.07, 6.45) is 2.35. The van der Waals surface area contributed by atoms with E-state index in [1.165, 1.54) is 23.0 Å².